The fourth-order valence-corrected chi connectivity index (χ4v) is 2.21. The fraction of sp³-hybridized carbons (Fsp3) is 0.0625. The maximum Gasteiger partial charge on any atom is 0.256 e. The summed E-state index contributed by atoms with van der Waals surface area (Å²) in [6, 6.07) is 15.3. The Morgan fingerprint density at radius 3 is 2.60 bits per heavy atom. The van der Waals surface area contributed by atoms with Gasteiger partial charge in [0.25, 0.3) is 5.91 Å². The highest BCUT2D eigenvalue weighted by molar-refractivity contribution is 6.34. The maximum atomic E-state index is 12.0. The second kappa shape index (κ2) is 5.19. The summed E-state index contributed by atoms with van der Waals surface area (Å²) in [4.78, 5) is 16.8. The van der Waals surface area contributed by atoms with Crippen LogP contribution in [-0.4, -0.2) is 13.0 Å². The van der Waals surface area contributed by atoms with Crippen LogP contribution in [0.4, 0.5) is 11.4 Å². The van der Waals surface area contributed by atoms with Crippen LogP contribution in [0, 0.1) is 0 Å². The summed E-state index contributed by atoms with van der Waals surface area (Å²) in [5, 5.41) is 2.86. The fourth-order valence-electron chi connectivity index (χ4n) is 2.21. The Labute approximate surface area is 117 Å². The van der Waals surface area contributed by atoms with Crippen LogP contribution in [0.15, 0.2) is 48.5 Å². The van der Waals surface area contributed by atoms with Gasteiger partial charge in [-0.1, -0.05) is 30.3 Å². The van der Waals surface area contributed by atoms with Gasteiger partial charge in [0.2, 0.25) is 0 Å². The number of para-hydroxylation sites is 1. The molecule has 0 aromatic heterocycles. The molecule has 3 rings (SSSR count). The molecule has 0 radical (unpaired) electrons. The van der Waals surface area contributed by atoms with Gasteiger partial charge in [0.05, 0.1) is 12.8 Å². The van der Waals surface area contributed by atoms with E-state index in [1.54, 1.807) is 7.11 Å². The van der Waals surface area contributed by atoms with Crippen molar-refractivity contribution in [2.45, 2.75) is 0 Å². The lowest BCUT2D eigenvalue weighted by molar-refractivity contribution is -0.110. The number of benzene rings is 2. The Balaban J connectivity index is 1.94. The van der Waals surface area contributed by atoms with E-state index in [4.69, 9.17) is 4.84 Å². The normalized spacial score (nSPS) is 15.1. The van der Waals surface area contributed by atoms with Gasteiger partial charge in [0, 0.05) is 16.8 Å². The molecule has 2 aromatic rings. The summed E-state index contributed by atoms with van der Waals surface area (Å²) < 4.78 is 0. The molecular formula is C16H14N2O2. The van der Waals surface area contributed by atoms with Crippen LogP contribution in [0.5, 0.6) is 0 Å². The monoisotopic (exact) mass is 266 g/mol. The Morgan fingerprint density at radius 2 is 1.85 bits per heavy atom. The molecule has 0 saturated heterocycles. The van der Waals surface area contributed by atoms with E-state index < -0.39 is 0 Å². The second-order valence-corrected chi connectivity index (χ2v) is 4.49. The number of hydrogen-bond donors (Lipinski definition) is 2. The van der Waals surface area contributed by atoms with Crippen molar-refractivity contribution in [2.75, 3.05) is 17.9 Å². The minimum atomic E-state index is -0.0645. The zero-order chi connectivity index (χ0) is 13.9. The van der Waals surface area contributed by atoms with E-state index in [0.717, 1.165) is 22.5 Å². The number of anilines is 2. The van der Waals surface area contributed by atoms with E-state index in [0.29, 0.717) is 5.57 Å². The van der Waals surface area contributed by atoms with Crippen molar-refractivity contribution in [2.24, 2.45) is 0 Å². The molecule has 100 valence electrons. The van der Waals surface area contributed by atoms with Crippen LogP contribution in [0.2, 0.25) is 0 Å². The first-order chi connectivity index (χ1) is 9.78. The quantitative estimate of drug-likeness (QED) is 0.662. The van der Waals surface area contributed by atoms with Crippen molar-refractivity contribution in [3.8, 4) is 0 Å². The van der Waals surface area contributed by atoms with Crippen molar-refractivity contribution in [1.82, 2.24) is 0 Å². The van der Waals surface area contributed by atoms with Crippen molar-refractivity contribution in [3.63, 3.8) is 0 Å². The highest BCUT2D eigenvalue weighted by Crippen LogP contribution is 2.32. The third kappa shape index (κ3) is 2.29. The van der Waals surface area contributed by atoms with E-state index in [1.165, 1.54) is 0 Å². The first-order valence-electron chi connectivity index (χ1n) is 6.29. The van der Waals surface area contributed by atoms with Crippen LogP contribution in [0.3, 0.4) is 0 Å². The molecule has 0 bridgehead atoms. The van der Waals surface area contributed by atoms with Crippen LogP contribution in [0.25, 0.3) is 11.6 Å². The van der Waals surface area contributed by atoms with Gasteiger partial charge in [-0.3, -0.25) is 15.1 Å². The Kier molecular flexibility index (Phi) is 3.23. The molecule has 0 saturated carbocycles. The summed E-state index contributed by atoms with van der Waals surface area (Å²) in [5.74, 6) is -0.0645. The molecule has 20 heavy (non-hydrogen) atoms. The summed E-state index contributed by atoms with van der Waals surface area (Å²) in [6.45, 7) is 0. The van der Waals surface area contributed by atoms with Crippen molar-refractivity contribution in [1.29, 1.82) is 0 Å². The van der Waals surface area contributed by atoms with Gasteiger partial charge in [-0.2, -0.15) is 0 Å². The third-order valence-corrected chi connectivity index (χ3v) is 3.15. The number of carbonyl (C=O) groups is 1. The lowest BCUT2D eigenvalue weighted by Gasteiger charge is -2.03. The number of fused-ring (bicyclic) bond motifs is 1. The predicted molar refractivity (Wildman–Crippen MR) is 80.0 cm³/mol. The van der Waals surface area contributed by atoms with Crippen molar-refractivity contribution >= 4 is 28.9 Å². The maximum absolute atomic E-state index is 12.0. The number of rotatable bonds is 3. The van der Waals surface area contributed by atoms with Crippen LogP contribution in [0.1, 0.15) is 11.1 Å². The summed E-state index contributed by atoms with van der Waals surface area (Å²) in [7, 11) is 1.57. The lowest BCUT2D eigenvalue weighted by atomic mass is 10.0. The number of carbonyl (C=O) groups excluding carboxylic acids is 1. The van der Waals surface area contributed by atoms with Crippen LogP contribution >= 0.6 is 0 Å². The lowest BCUT2D eigenvalue weighted by Crippen LogP contribution is -2.03. The molecule has 4 nitrogen and oxygen atoms in total. The molecule has 4 heteroatoms. The molecular weight excluding hydrogens is 252 g/mol. The van der Waals surface area contributed by atoms with Gasteiger partial charge < -0.3 is 5.32 Å². The molecule has 2 aromatic carbocycles. The minimum Gasteiger partial charge on any atom is -0.321 e. The van der Waals surface area contributed by atoms with E-state index in [9.17, 15) is 4.79 Å². The predicted octanol–water partition coefficient (Wildman–Crippen LogP) is 3.15. The Morgan fingerprint density at radius 1 is 1.10 bits per heavy atom. The summed E-state index contributed by atoms with van der Waals surface area (Å²) in [5.41, 5.74) is 7.08. The largest absolute Gasteiger partial charge is 0.321 e. The van der Waals surface area contributed by atoms with Gasteiger partial charge >= 0.3 is 0 Å². The average molecular weight is 266 g/mol. The molecule has 1 heterocycles. The van der Waals surface area contributed by atoms with E-state index in [2.05, 4.69) is 10.8 Å². The van der Waals surface area contributed by atoms with E-state index in [1.807, 2.05) is 54.6 Å². The van der Waals surface area contributed by atoms with Crippen molar-refractivity contribution in [3.05, 3.63) is 59.7 Å². The third-order valence-electron chi connectivity index (χ3n) is 3.15. The summed E-state index contributed by atoms with van der Waals surface area (Å²) >= 11 is 0. The highest BCUT2D eigenvalue weighted by atomic mass is 16.6. The minimum absolute atomic E-state index is 0.0645. The van der Waals surface area contributed by atoms with Crippen LogP contribution < -0.4 is 10.8 Å². The summed E-state index contributed by atoms with van der Waals surface area (Å²) in [6.07, 6.45) is 1.89. The smallest absolute Gasteiger partial charge is 0.256 e. The molecule has 0 atom stereocenters. The van der Waals surface area contributed by atoms with Gasteiger partial charge in [-0.25, -0.2) is 0 Å². The number of amides is 1. The van der Waals surface area contributed by atoms with Gasteiger partial charge in [-0.15, -0.1) is 0 Å². The standard InChI is InChI=1S/C16H14N2O2/c1-20-18-12-8-6-11(7-9-12)10-14-13-4-2-3-5-15(13)17-16(14)19/h2-10,18H,1H3,(H,17,19)/b14-10+. The number of nitrogens with one attached hydrogen (secondary N) is 2. The Hall–Kier alpha value is -2.59. The average Bonchev–Trinajstić information content (AvgIpc) is 2.78. The zero-order valence-corrected chi connectivity index (χ0v) is 11.0. The molecule has 1 amide bonds. The number of hydrogen-bond acceptors (Lipinski definition) is 3. The molecule has 1 aliphatic rings. The Bertz CT molecular complexity index is 675. The van der Waals surface area contributed by atoms with Crippen molar-refractivity contribution < 1.29 is 9.63 Å². The van der Waals surface area contributed by atoms with E-state index in [-0.39, 0.29) is 5.91 Å². The second-order valence-electron chi connectivity index (χ2n) is 4.49. The molecule has 0 fully saturated rings. The van der Waals surface area contributed by atoms with Gasteiger partial charge in [0.15, 0.2) is 0 Å². The van der Waals surface area contributed by atoms with E-state index >= 15 is 0 Å². The SMILES string of the molecule is CONc1ccc(/C=C2/C(=O)Nc3ccccc32)cc1. The molecule has 0 unspecified atom stereocenters. The molecule has 1 aliphatic heterocycles. The zero-order valence-electron chi connectivity index (χ0n) is 11.0. The van der Waals surface area contributed by atoms with Gasteiger partial charge in [0.1, 0.15) is 0 Å². The molecule has 0 spiro atoms. The topological polar surface area (TPSA) is 50.4 Å². The van der Waals surface area contributed by atoms with Gasteiger partial charge in [-0.05, 0) is 29.8 Å². The first kappa shape index (κ1) is 12.4. The first-order valence-corrected chi connectivity index (χ1v) is 6.29. The van der Waals surface area contributed by atoms with Crippen LogP contribution in [-0.2, 0) is 9.63 Å². The highest BCUT2D eigenvalue weighted by Gasteiger charge is 2.22. The molecule has 0 aliphatic carbocycles. The molecule has 2 N–H and O–H groups in total.